The summed E-state index contributed by atoms with van der Waals surface area (Å²) in [5, 5.41) is 3.27. The van der Waals surface area contributed by atoms with Gasteiger partial charge in [-0.2, -0.15) is 0 Å². The van der Waals surface area contributed by atoms with E-state index < -0.39 is 11.6 Å². The van der Waals surface area contributed by atoms with Crippen molar-refractivity contribution in [3.8, 4) is 0 Å². The fraction of sp³-hybridized carbons (Fsp3) is 0.200. The summed E-state index contributed by atoms with van der Waals surface area (Å²) in [4.78, 5) is 0. The smallest absolute Gasteiger partial charge is 0.159 e. The lowest BCUT2D eigenvalue weighted by atomic mass is 10.1. The molecule has 0 saturated carbocycles. The largest absolute Gasteiger partial charge is 0.306 e. The molecule has 2 rings (SSSR count). The van der Waals surface area contributed by atoms with Gasteiger partial charge in [-0.15, -0.1) is 0 Å². The van der Waals surface area contributed by atoms with E-state index in [-0.39, 0.29) is 6.04 Å². The fourth-order valence-corrected chi connectivity index (χ4v) is 1.77. The zero-order valence-corrected chi connectivity index (χ0v) is 10.2. The highest BCUT2D eigenvalue weighted by atomic mass is 19.2. The molecule has 0 bridgehead atoms. The van der Waals surface area contributed by atoms with Crippen molar-refractivity contribution >= 4 is 0 Å². The first-order chi connectivity index (χ1) is 8.66. The highest BCUT2D eigenvalue weighted by Crippen LogP contribution is 2.16. The molecule has 0 aliphatic heterocycles. The van der Waals surface area contributed by atoms with Gasteiger partial charge in [-0.3, -0.25) is 0 Å². The first-order valence-electron chi connectivity index (χ1n) is 5.89. The molecule has 0 aromatic heterocycles. The van der Waals surface area contributed by atoms with Crippen molar-refractivity contribution in [1.82, 2.24) is 5.32 Å². The Labute approximate surface area is 105 Å². The third-order valence-electron chi connectivity index (χ3n) is 2.90. The number of benzene rings is 2. The van der Waals surface area contributed by atoms with Gasteiger partial charge in [0.2, 0.25) is 0 Å². The van der Waals surface area contributed by atoms with Crippen molar-refractivity contribution in [3.63, 3.8) is 0 Å². The third-order valence-corrected chi connectivity index (χ3v) is 2.90. The monoisotopic (exact) mass is 247 g/mol. The van der Waals surface area contributed by atoms with Crippen molar-refractivity contribution in [2.45, 2.75) is 19.5 Å². The van der Waals surface area contributed by atoms with Crippen LogP contribution in [-0.2, 0) is 6.54 Å². The molecule has 2 aromatic rings. The first kappa shape index (κ1) is 12.7. The molecule has 1 unspecified atom stereocenters. The Morgan fingerprint density at radius 1 is 1.00 bits per heavy atom. The summed E-state index contributed by atoms with van der Waals surface area (Å²) in [7, 11) is 0. The topological polar surface area (TPSA) is 12.0 Å². The minimum atomic E-state index is -0.811. The van der Waals surface area contributed by atoms with Crippen molar-refractivity contribution < 1.29 is 8.78 Å². The lowest BCUT2D eigenvalue weighted by molar-refractivity contribution is 0.500. The zero-order chi connectivity index (χ0) is 13.0. The molecule has 0 aliphatic carbocycles. The molecule has 94 valence electrons. The minimum absolute atomic E-state index is 0.0275. The maximum Gasteiger partial charge on any atom is 0.159 e. The van der Waals surface area contributed by atoms with Crippen LogP contribution in [0.1, 0.15) is 24.1 Å². The van der Waals surface area contributed by atoms with Crippen molar-refractivity contribution in [1.29, 1.82) is 0 Å². The maximum absolute atomic E-state index is 13.1. The van der Waals surface area contributed by atoms with E-state index in [0.717, 1.165) is 17.2 Å². The summed E-state index contributed by atoms with van der Waals surface area (Å²) >= 11 is 0. The zero-order valence-electron chi connectivity index (χ0n) is 10.2. The van der Waals surface area contributed by atoms with Gasteiger partial charge < -0.3 is 5.32 Å². The van der Waals surface area contributed by atoms with E-state index in [1.54, 1.807) is 6.07 Å². The van der Waals surface area contributed by atoms with Crippen LogP contribution in [0.2, 0.25) is 0 Å². The van der Waals surface area contributed by atoms with E-state index in [4.69, 9.17) is 0 Å². The standard InChI is InChI=1S/C15H15F2N/c1-11(13-7-8-14(16)15(17)9-13)18-10-12-5-3-2-4-6-12/h2-9,11,18H,10H2,1H3. The number of nitrogens with one attached hydrogen (secondary N) is 1. The highest BCUT2D eigenvalue weighted by molar-refractivity contribution is 5.21. The quantitative estimate of drug-likeness (QED) is 0.866. The van der Waals surface area contributed by atoms with Crippen LogP contribution in [0.15, 0.2) is 48.5 Å². The number of halogens is 2. The van der Waals surface area contributed by atoms with Crippen LogP contribution >= 0.6 is 0 Å². The lowest BCUT2D eigenvalue weighted by Gasteiger charge is -2.14. The lowest BCUT2D eigenvalue weighted by Crippen LogP contribution is -2.18. The van der Waals surface area contributed by atoms with E-state index in [0.29, 0.717) is 6.54 Å². The SMILES string of the molecule is CC(NCc1ccccc1)c1ccc(F)c(F)c1. The van der Waals surface area contributed by atoms with Crippen molar-refractivity contribution in [3.05, 3.63) is 71.3 Å². The average Bonchev–Trinajstić information content (AvgIpc) is 2.40. The van der Waals surface area contributed by atoms with Gasteiger partial charge >= 0.3 is 0 Å². The van der Waals surface area contributed by atoms with Crippen LogP contribution < -0.4 is 5.32 Å². The molecule has 2 aromatic carbocycles. The van der Waals surface area contributed by atoms with Crippen LogP contribution in [0.3, 0.4) is 0 Å². The Hall–Kier alpha value is -1.74. The fourth-order valence-electron chi connectivity index (χ4n) is 1.77. The van der Waals surface area contributed by atoms with Crippen LogP contribution in [0.25, 0.3) is 0 Å². The second-order valence-corrected chi connectivity index (χ2v) is 4.26. The molecule has 3 heteroatoms. The molecule has 1 N–H and O–H groups in total. The second kappa shape index (κ2) is 5.74. The van der Waals surface area contributed by atoms with Gasteiger partial charge in [-0.25, -0.2) is 8.78 Å². The molecule has 1 atom stereocenters. The number of hydrogen-bond acceptors (Lipinski definition) is 1. The van der Waals surface area contributed by atoms with Gasteiger partial charge in [0.1, 0.15) is 0 Å². The summed E-state index contributed by atoms with van der Waals surface area (Å²) in [6.07, 6.45) is 0. The highest BCUT2D eigenvalue weighted by Gasteiger charge is 2.08. The first-order valence-corrected chi connectivity index (χ1v) is 5.89. The maximum atomic E-state index is 13.1. The van der Waals surface area contributed by atoms with E-state index in [1.807, 2.05) is 37.3 Å². The Kier molecular flexibility index (Phi) is 4.05. The van der Waals surface area contributed by atoms with Gasteiger partial charge in [0.15, 0.2) is 11.6 Å². The molecule has 0 aliphatic rings. The van der Waals surface area contributed by atoms with Crippen LogP contribution in [0.5, 0.6) is 0 Å². The van der Waals surface area contributed by atoms with Gasteiger partial charge in [-0.05, 0) is 30.2 Å². The molecule has 1 nitrogen and oxygen atoms in total. The molecule has 0 heterocycles. The van der Waals surface area contributed by atoms with Crippen molar-refractivity contribution in [2.75, 3.05) is 0 Å². The second-order valence-electron chi connectivity index (χ2n) is 4.26. The summed E-state index contributed by atoms with van der Waals surface area (Å²) in [6, 6.07) is 13.9. The third kappa shape index (κ3) is 3.14. The summed E-state index contributed by atoms with van der Waals surface area (Å²) in [5.41, 5.74) is 1.90. The van der Waals surface area contributed by atoms with Gasteiger partial charge in [0.05, 0.1) is 0 Å². The van der Waals surface area contributed by atoms with Crippen LogP contribution in [0.4, 0.5) is 8.78 Å². The minimum Gasteiger partial charge on any atom is -0.306 e. The molecular weight excluding hydrogens is 232 g/mol. The van der Waals surface area contributed by atoms with E-state index in [9.17, 15) is 8.78 Å². The number of hydrogen-bond donors (Lipinski definition) is 1. The van der Waals surface area contributed by atoms with Gasteiger partial charge in [0, 0.05) is 12.6 Å². The van der Waals surface area contributed by atoms with Crippen molar-refractivity contribution in [2.24, 2.45) is 0 Å². The Bertz CT molecular complexity index is 511. The average molecular weight is 247 g/mol. The summed E-state index contributed by atoms with van der Waals surface area (Å²) in [6.45, 7) is 2.62. The summed E-state index contributed by atoms with van der Waals surface area (Å²) in [5.74, 6) is -1.62. The molecule has 0 radical (unpaired) electrons. The Morgan fingerprint density at radius 3 is 2.39 bits per heavy atom. The van der Waals surface area contributed by atoms with Crippen LogP contribution in [-0.4, -0.2) is 0 Å². The Balaban J connectivity index is 1.99. The predicted molar refractivity (Wildman–Crippen MR) is 68.1 cm³/mol. The molecular formula is C15H15F2N. The summed E-state index contributed by atoms with van der Waals surface area (Å²) < 4.78 is 25.9. The Morgan fingerprint density at radius 2 is 1.72 bits per heavy atom. The van der Waals surface area contributed by atoms with Gasteiger partial charge in [0.25, 0.3) is 0 Å². The normalized spacial score (nSPS) is 12.4. The van der Waals surface area contributed by atoms with Crippen LogP contribution in [0, 0.1) is 11.6 Å². The van der Waals surface area contributed by atoms with E-state index in [2.05, 4.69) is 5.32 Å². The predicted octanol–water partition coefficient (Wildman–Crippen LogP) is 3.82. The molecule has 0 fully saturated rings. The van der Waals surface area contributed by atoms with E-state index >= 15 is 0 Å². The van der Waals surface area contributed by atoms with Gasteiger partial charge in [-0.1, -0.05) is 36.4 Å². The number of rotatable bonds is 4. The molecule has 0 amide bonds. The molecule has 0 saturated heterocycles. The molecule has 0 spiro atoms. The molecule has 18 heavy (non-hydrogen) atoms. The van der Waals surface area contributed by atoms with E-state index in [1.165, 1.54) is 6.07 Å².